The van der Waals surface area contributed by atoms with Gasteiger partial charge < -0.3 is 16.0 Å². The van der Waals surface area contributed by atoms with Crippen LogP contribution in [0.4, 0.5) is 17.3 Å². The smallest absolute Gasteiger partial charge is 0.276 e. The number of carbonyl (C=O) groups is 1. The number of hydrogen-bond donors (Lipinski definition) is 3. The Bertz CT molecular complexity index is 1150. The molecule has 158 valence electrons. The minimum Gasteiger partial charge on any atom is -0.370 e. The molecule has 6 radical (unpaired) electrons. The Morgan fingerprint density at radius 3 is 2.34 bits per heavy atom. The molecule has 0 atom stereocenters. The summed E-state index contributed by atoms with van der Waals surface area (Å²) in [6, 6.07) is 3.14. The van der Waals surface area contributed by atoms with Gasteiger partial charge in [-0.05, 0) is 62.5 Å². The van der Waals surface area contributed by atoms with Gasteiger partial charge in [0.2, 0.25) is 0 Å². The van der Waals surface area contributed by atoms with Crippen LogP contribution < -0.4 is 21.5 Å². The predicted octanol–water partition coefficient (Wildman–Crippen LogP) is 1.18. The highest BCUT2D eigenvalue weighted by molar-refractivity contribution is 6.59. The van der Waals surface area contributed by atoms with E-state index in [0.717, 1.165) is 12.8 Å². The van der Waals surface area contributed by atoms with Crippen LogP contribution in [-0.4, -0.2) is 50.5 Å². The van der Waals surface area contributed by atoms with Crippen molar-refractivity contribution in [3.63, 3.8) is 0 Å². The molecule has 11 heteroatoms. The third-order valence-electron chi connectivity index (χ3n) is 7.04. The lowest BCUT2D eigenvalue weighted by Crippen LogP contribution is -2.50. The van der Waals surface area contributed by atoms with Gasteiger partial charge in [0.25, 0.3) is 11.5 Å². The molecule has 2 fully saturated rings. The van der Waals surface area contributed by atoms with Crippen LogP contribution in [0.5, 0.6) is 0 Å². The average Bonchev–Trinajstić information content (AvgIpc) is 3.44. The highest BCUT2D eigenvalue weighted by atomic mass is 16.2. The summed E-state index contributed by atoms with van der Waals surface area (Å²) in [5, 5.41) is 7.41. The lowest BCUT2D eigenvalue weighted by molar-refractivity contribution is 0.0821. The van der Waals surface area contributed by atoms with Gasteiger partial charge in [-0.3, -0.25) is 14.2 Å². The number of anilines is 3. The summed E-state index contributed by atoms with van der Waals surface area (Å²) in [5.41, 5.74) is -0.239. The van der Waals surface area contributed by atoms with Gasteiger partial charge in [0.15, 0.2) is 0 Å². The summed E-state index contributed by atoms with van der Waals surface area (Å²) in [4.78, 5) is 35.1. The maximum atomic E-state index is 13.7. The van der Waals surface area contributed by atoms with E-state index in [4.69, 9.17) is 23.5 Å². The first-order valence-electron chi connectivity index (χ1n) is 11.0. The Morgan fingerprint density at radius 2 is 1.72 bits per heavy atom. The molecule has 3 aliphatic rings. The molecule has 1 amide bonds. The Hall–Kier alpha value is -2.71. The highest BCUT2D eigenvalue weighted by Crippen LogP contribution is 2.59. The molecule has 1 aliphatic heterocycles. The Labute approximate surface area is 190 Å². The molecule has 2 aromatic rings. The number of aromatic nitrogens is 3. The van der Waals surface area contributed by atoms with Gasteiger partial charge in [0, 0.05) is 12.6 Å². The van der Waals surface area contributed by atoms with E-state index < -0.39 is 10.8 Å². The van der Waals surface area contributed by atoms with Gasteiger partial charge in [-0.25, -0.2) is 9.97 Å². The number of pyridine rings is 1. The standard InChI is InChI=1S/C21H23B3N6O2/c1-2-25-14-10-15(27-11-26-14)28-13-9-12(21(22,23)24)16-17(31)29-20(30(16)18(13)32)7-5-19(3-4-19)6-8-20/h9-11H,2-8H2,1H3,(H,29,31)(H2,25,26,27,28). The van der Waals surface area contributed by atoms with Gasteiger partial charge in [0.05, 0.1) is 23.5 Å². The maximum Gasteiger partial charge on any atom is 0.276 e. The van der Waals surface area contributed by atoms with Crippen LogP contribution >= 0.6 is 0 Å². The van der Waals surface area contributed by atoms with Gasteiger partial charge in [-0.2, -0.15) is 0 Å². The van der Waals surface area contributed by atoms with Gasteiger partial charge in [-0.1, -0.05) is 0 Å². The van der Waals surface area contributed by atoms with Crippen LogP contribution in [0.1, 0.15) is 61.5 Å². The van der Waals surface area contributed by atoms with Crippen molar-refractivity contribution < 1.29 is 4.79 Å². The van der Waals surface area contributed by atoms with E-state index in [-0.39, 0.29) is 28.4 Å². The lowest BCUT2D eigenvalue weighted by atomic mass is 9.40. The zero-order chi connectivity index (χ0) is 22.7. The molecule has 0 saturated heterocycles. The van der Waals surface area contributed by atoms with E-state index in [1.807, 2.05) is 6.92 Å². The van der Waals surface area contributed by atoms with E-state index in [9.17, 15) is 9.59 Å². The zero-order valence-corrected chi connectivity index (χ0v) is 18.1. The molecule has 2 aromatic heterocycles. The fourth-order valence-electron chi connectivity index (χ4n) is 5.06. The molecule has 0 unspecified atom stereocenters. The van der Waals surface area contributed by atoms with Crippen molar-refractivity contribution >= 4 is 46.8 Å². The highest BCUT2D eigenvalue weighted by Gasteiger charge is 2.54. The normalized spacial score (nSPS) is 20.1. The van der Waals surface area contributed by atoms with Crippen molar-refractivity contribution in [3.05, 3.63) is 40.1 Å². The summed E-state index contributed by atoms with van der Waals surface area (Å²) >= 11 is 0. The number of hydrogen-bond acceptors (Lipinski definition) is 6. The SMILES string of the molecule is [B]C([B])([B])c1cc(Nc2cc(NCC)ncn2)c(=O)n2c1C(=O)NC21CCC2(CC2)CC1. The average molecular weight is 424 g/mol. The molecule has 2 saturated carbocycles. The van der Waals surface area contributed by atoms with Gasteiger partial charge in [0.1, 0.15) is 35.0 Å². The van der Waals surface area contributed by atoms with Gasteiger partial charge >= 0.3 is 0 Å². The number of nitrogens with one attached hydrogen (secondary N) is 3. The molecule has 0 bridgehead atoms. The number of carbonyl (C=O) groups excluding carboxylic acids is 1. The second-order valence-electron chi connectivity index (χ2n) is 9.32. The fourth-order valence-corrected chi connectivity index (χ4v) is 5.06. The molecular weight excluding hydrogens is 401 g/mol. The molecule has 3 N–H and O–H groups in total. The Kier molecular flexibility index (Phi) is 4.73. The fraction of sp³-hybridized carbons (Fsp3) is 0.524. The van der Waals surface area contributed by atoms with E-state index >= 15 is 0 Å². The summed E-state index contributed by atoms with van der Waals surface area (Å²) < 4.78 is 1.52. The minimum absolute atomic E-state index is 0.135. The quantitative estimate of drug-likeness (QED) is 0.624. The van der Waals surface area contributed by atoms with Crippen LogP contribution in [0.2, 0.25) is 0 Å². The summed E-state index contributed by atoms with van der Waals surface area (Å²) in [6.45, 7) is 2.65. The van der Waals surface area contributed by atoms with E-state index in [2.05, 4.69) is 25.9 Å². The van der Waals surface area contributed by atoms with Crippen molar-refractivity contribution in [2.45, 2.75) is 56.2 Å². The summed E-state index contributed by atoms with van der Waals surface area (Å²) in [6.07, 6.45) is 7.11. The van der Waals surface area contributed by atoms with Crippen molar-refractivity contribution in [3.8, 4) is 0 Å². The Morgan fingerprint density at radius 1 is 1.06 bits per heavy atom. The molecule has 3 heterocycles. The first-order chi connectivity index (χ1) is 15.2. The Balaban J connectivity index is 1.62. The van der Waals surface area contributed by atoms with Crippen LogP contribution in [0.15, 0.2) is 23.3 Å². The second kappa shape index (κ2) is 7.15. The molecular formula is C21H23B3N6O2. The number of rotatable bonds is 5. The van der Waals surface area contributed by atoms with Crippen LogP contribution in [0.25, 0.3) is 0 Å². The molecule has 2 spiro atoms. The molecule has 8 nitrogen and oxygen atoms in total. The third kappa shape index (κ3) is 3.42. The zero-order valence-electron chi connectivity index (χ0n) is 18.1. The number of amides is 1. The van der Waals surface area contributed by atoms with Crippen molar-refractivity contribution in [1.29, 1.82) is 0 Å². The van der Waals surface area contributed by atoms with Crippen LogP contribution in [0, 0.1) is 5.41 Å². The summed E-state index contributed by atoms with van der Waals surface area (Å²) in [7, 11) is 18.1. The van der Waals surface area contributed by atoms with Crippen molar-refractivity contribution in [2.75, 3.05) is 17.2 Å². The molecule has 0 aromatic carbocycles. The van der Waals surface area contributed by atoms with Crippen molar-refractivity contribution in [1.82, 2.24) is 19.9 Å². The minimum atomic E-state index is -1.81. The van der Waals surface area contributed by atoms with E-state index in [1.165, 1.54) is 29.8 Å². The second-order valence-corrected chi connectivity index (χ2v) is 9.32. The number of nitrogens with zero attached hydrogens (tertiary/aromatic N) is 3. The van der Waals surface area contributed by atoms with Crippen LogP contribution in [-0.2, 0) is 10.8 Å². The number of fused-ring (bicyclic) bond motifs is 2. The molecule has 2 aliphatic carbocycles. The maximum absolute atomic E-state index is 13.7. The predicted molar refractivity (Wildman–Crippen MR) is 125 cm³/mol. The summed E-state index contributed by atoms with van der Waals surface area (Å²) in [5.74, 6) is 0.661. The first-order valence-corrected chi connectivity index (χ1v) is 11.0. The van der Waals surface area contributed by atoms with E-state index in [1.54, 1.807) is 6.07 Å². The van der Waals surface area contributed by atoms with Crippen molar-refractivity contribution in [2.24, 2.45) is 5.41 Å². The topological polar surface area (TPSA) is 101 Å². The largest absolute Gasteiger partial charge is 0.370 e. The van der Waals surface area contributed by atoms with Gasteiger partial charge in [-0.15, -0.1) is 5.11 Å². The van der Waals surface area contributed by atoms with E-state index in [0.29, 0.717) is 36.4 Å². The first kappa shape index (κ1) is 21.2. The van der Waals surface area contributed by atoms with Crippen LogP contribution in [0.3, 0.4) is 0 Å². The molecule has 32 heavy (non-hydrogen) atoms. The third-order valence-corrected chi connectivity index (χ3v) is 7.04. The monoisotopic (exact) mass is 424 g/mol. The lowest BCUT2D eigenvalue weighted by Gasteiger charge is -2.39. The molecule has 5 rings (SSSR count).